The van der Waals surface area contributed by atoms with Crippen LogP contribution in [0.3, 0.4) is 0 Å². The molecule has 1 unspecified atom stereocenters. The summed E-state index contributed by atoms with van der Waals surface area (Å²) in [5.41, 5.74) is 0.424. The molecule has 104 valence electrons. The van der Waals surface area contributed by atoms with Gasteiger partial charge in [-0.25, -0.2) is 0 Å². The molecule has 0 saturated carbocycles. The van der Waals surface area contributed by atoms with Crippen LogP contribution in [-0.2, 0) is 21.7 Å². The smallest absolute Gasteiger partial charge is 1.00 e. The molecule has 0 aromatic heterocycles. The van der Waals surface area contributed by atoms with Crippen LogP contribution in [0.25, 0.3) is 0 Å². The van der Waals surface area contributed by atoms with Gasteiger partial charge in [0, 0.05) is 0 Å². The predicted octanol–water partition coefficient (Wildman–Crippen LogP) is -4.15. The molecule has 0 radical (unpaired) electrons. The van der Waals surface area contributed by atoms with Gasteiger partial charge in [0.05, 0.1) is 0 Å². The van der Waals surface area contributed by atoms with E-state index in [2.05, 4.69) is 41.5 Å². The largest absolute Gasteiger partial charge is 4.00 e. The van der Waals surface area contributed by atoms with Crippen molar-refractivity contribution in [2.75, 3.05) is 0 Å². The third-order valence-electron chi connectivity index (χ3n) is 3.76. The molecule has 1 atom stereocenters. The van der Waals surface area contributed by atoms with Gasteiger partial charge in [0.25, 0.3) is 0 Å². The standard InChI is InChI=1S/C13H27.3ClH.Ti/c1-7-8-9-10-12(4)13(5,6)11(2)3;;;;/h12H,7-10H2,1-6H3;3*1H;/q-1;;;;+4/p-3. The molecule has 0 nitrogen and oxygen atoms in total. The molecule has 0 heterocycles. The quantitative estimate of drug-likeness (QED) is 0.262. The van der Waals surface area contributed by atoms with Crippen LogP contribution in [0.4, 0.5) is 0 Å². The number of hydrogen-bond donors (Lipinski definition) is 0. The van der Waals surface area contributed by atoms with Crippen molar-refractivity contribution in [2.45, 2.75) is 67.2 Å². The molecule has 0 aliphatic heterocycles. The van der Waals surface area contributed by atoms with Crippen molar-refractivity contribution in [1.29, 1.82) is 0 Å². The molecule has 0 aromatic rings. The summed E-state index contributed by atoms with van der Waals surface area (Å²) < 4.78 is 0. The van der Waals surface area contributed by atoms with E-state index in [4.69, 9.17) is 0 Å². The second-order valence-corrected chi connectivity index (χ2v) is 5.12. The molecule has 0 amide bonds. The Bertz CT molecular complexity index is 139. The second-order valence-electron chi connectivity index (χ2n) is 5.12. The van der Waals surface area contributed by atoms with Gasteiger partial charge in [0.15, 0.2) is 0 Å². The Kier molecular flexibility index (Phi) is 28.7. The molecule has 0 spiro atoms. The fourth-order valence-electron chi connectivity index (χ4n) is 1.55. The summed E-state index contributed by atoms with van der Waals surface area (Å²) in [6.45, 7) is 13.9. The Hall–Kier alpha value is 1.58. The Balaban J connectivity index is -0.000000120. The van der Waals surface area contributed by atoms with E-state index in [1.54, 1.807) is 5.92 Å². The number of rotatable bonds is 6. The van der Waals surface area contributed by atoms with Gasteiger partial charge in [-0.1, -0.05) is 59.3 Å². The second kappa shape index (κ2) is 15.6. The number of hydrogen-bond acceptors (Lipinski definition) is 0. The maximum atomic E-state index is 2.39. The summed E-state index contributed by atoms with van der Waals surface area (Å²) >= 11 is 0. The molecule has 0 rings (SSSR count). The molecule has 0 aliphatic rings. The minimum Gasteiger partial charge on any atom is -1.00 e. The van der Waals surface area contributed by atoms with Crippen LogP contribution in [-0.4, -0.2) is 0 Å². The molecule has 0 N–H and O–H groups in total. The van der Waals surface area contributed by atoms with Crippen LogP contribution in [0.1, 0.15) is 67.2 Å². The molecule has 4 heteroatoms. The minimum absolute atomic E-state index is 0. The van der Waals surface area contributed by atoms with E-state index in [-0.39, 0.29) is 58.9 Å². The van der Waals surface area contributed by atoms with Gasteiger partial charge in [-0.05, 0) is 0 Å². The summed E-state index contributed by atoms with van der Waals surface area (Å²) in [5, 5.41) is 0. The first-order chi connectivity index (χ1) is 5.92. The Morgan fingerprint density at radius 3 is 1.71 bits per heavy atom. The van der Waals surface area contributed by atoms with Crippen LogP contribution >= 0.6 is 0 Å². The van der Waals surface area contributed by atoms with Gasteiger partial charge in [-0.2, -0.15) is 19.3 Å². The first kappa shape index (κ1) is 31.1. The van der Waals surface area contributed by atoms with E-state index in [1.165, 1.54) is 25.7 Å². The van der Waals surface area contributed by atoms with Crippen LogP contribution in [0.15, 0.2) is 0 Å². The van der Waals surface area contributed by atoms with E-state index >= 15 is 0 Å². The van der Waals surface area contributed by atoms with Crippen LogP contribution in [0.5, 0.6) is 0 Å². The Labute approximate surface area is 143 Å². The fraction of sp³-hybridized carbons (Fsp3) is 0.923. The molecular formula is C13H27Cl3Ti. The monoisotopic (exact) mass is 336 g/mol. The van der Waals surface area contributed by atoms with Crippen molar-refractivity contribution in [3.8, 4) is 0 Å². The maximum absolute atomic E-state index is 2.39. The van der Waals surface area contributed by atoms with E-state index in [0.29, 0.717) is 5.41 Å². The zero-order valence-electron chi connectivity index (χ0n) is 12.0. The third-order valence-corrected chi connectivity index (χ3v) is 3.76. The number of halogens is 3. The first-order valence-electron chi connectivity index (χ1n) is 5.73. The average molecular weight is 338 g/mol. The zero-order chi connectivity index (χ0) is 10.5. The fourth-order valence-corrected chi connectivity index (χ4v) is 1.55. The van der Waals surface area contributed by atoms with Gasteiger partial charge in [0.1, 0.15) is 0 Å². The van der Waals surface area contributed by atoms with Crippen molar-refractivity contribution in [3.05, 3.63) is 5.92 Å². The molecular weight excluding hydrogens is 310 g/mol. The summed E-state index contributed by atoms with van der Waals surface area (Å²) in [6, 6.07) is 0. The third kappa shape index (κ3) is 12.4. The average Bonchev–Trinajstić information content (AvgIpc) is 2.04. The molecule has 0 bridgehead atoms. The van der Waals surface area contributed by atoms with Crippen LogP contribution in [0, 0.1) is 17.3 Å². The van der Waals surface area contributed by atoms with Crippen molar-refractivity contribution < 1.29 is 58.9 Å². The van der Waals surface area contributed by atoms with Gasteiger partial charge in [-0.3, -0.25) is 0 Å². The molecule has 0 saturated heterocycles. The van der Waals surface area contributed by atoms with Crippen molar-refractivity contribution in [1.82, 2.24) is 0 Å². The Morgan fingerprint density at radius 1 is 1.00 bits per heavy atom. The molecule has 0 aliphatic carbocycles. The molecule has 17 heavy (non-hydrogen) atoms. The summed E-state index contributed by atoms with van der Waals surface area (Å²) in [5.74, 6) is 2.39. The van der Waals surface area contributed by atoms with Gasteiger partial charge < -0.3 is 43.1 Å². The van der Waals surface area contributed by atoms with Gasteiger partial charge >= 0.3 is 21.7 Å². The van der Waals surface area contributed by atoms with Crippen LogP contribution in [0.2, 0.25) is 0 Å². The molecule has 0 fully saturated rings. The van der Waals surface area contributed by atoms with Gasteiger partial charge in [-0.15, -0.1) is 0 Å². The Morgan fingerprint density at radius 2 is 1.41 bits per heavy atom. The van der Waals surface area contributed by atoms with Gasteiger partial charge in [0.2, 0.25) is 0 Å². The predicted molar refractivity (Wildman–Crippen MR) is 61.7 cm³/mol. The number of unbranched alkanes of at least 4 members (excludes halogenated alkanes) is 2. The van der Waals surface area contributed by atoms with Crippen molar-refractivity contribution in [3.63, 3.8) is 0 Å². The summed E-state index contributed by atoms with van der Waals surface area (Å²) in [6.07, 6.45) is 5.51. The summed E-state index contributed by atoms with van der Waals surface area (Å²) in [7, 11) is 0. The normalized spacial score (nSPS) is 11.5. The topological polar surface area (TPSA) is 0 Å². The van der Waals surface area contributed by atoms with E-state index in [9.17, 15) is 0 Å². The van der Waals surface area contributed by atoms with E-state index in [1.807, 2.05) is 0 Å². The molecule has 0 aromatic carbocycles. The van der Waals surface area contributed by atoms with E-state index < -0.39 is 0 Å². The zero-order valence-corrected chi connectivity index (χ0v) is 15.9. The van der Waals surface area contributed by atoms with Crippen LogP contribution < -0.4 is 37.2 Å². The van der Waals surface area contributed by atoms with Crippen molar-refractivity contribution in [2.24, 2.45) is 11.3 Å². The maximum Gasteiger partial charge on any atom is 4.00 e. The van der Waals surface area contributed by atoms with Crippen molar-refractivity contribution >= 4 is 0 Å². The SMILES string of the molecule is CCCCCC(C)C(C)(C)[C-](C)C.[Cl-].[Cl-].[Cl-].[Ti+4]. The van der Waals surface area contributed by atoms with E-state index in [0.717, 1.165) is 5.92 Å². The minimum atomic E-state index is 0. The first-order valence-corrected chi connectivity index (χ1v) is 5.73. The summed E-state index contributed by atoms with van der Waals surface area (Å²) in [4.78, 5) is 0.